The summed E-state index contributed by atoms with van der Waals surface area (Å²) in [4.78, 5) is 26.1. The van der Waals surface area contributed by atoms with Gasteiger partial charge in [-0.15, -0.1) is 0 Å². The van der Waals surface area contributed by atoms with Gasteiger partial charge in [0.15, 0.2) is 0 Å². The van der Waals surface area contributed by atoms with Crippen LogP contribution in [-0.2, 0) is 15.0 Å². The van der Waals surface area contributed by atoms with Crippen molar-refractivity contribution in [3.63, 3.8) is 0 Å². The van der Waals surface area contributed by atoms with Crippen molar-refractivity contribution in [3.8, 4) is 0 Å². The van der Waals surface area contributed by atoms with E-state index in [1.54, 1.807) is 4.90 Å². The minimum Gasteiger partial charge on any atom is -0.368 e. The van der Waals surface area contributed by atoms with Gasteiger partial charge in [0.2, 0.25) is 11.8 Å². The second kappa shape index (κ2) is 6.69. The number of benzene rings is 1. The third kappa shape index (κ3) is 3.27. The fourth-order valence-corrected chi connectivity index (χ4v) is 3.43. The predicted octanol–water partition coefficient (Wildman–Crippen LogP) is 2.87. The Balaban J connectivity index is 2.39. The van der Waals surface area contributed by atoms with Gasteiger partial charge in [0, 0.05) is 11.1 Å². The molecular formula is C17H23ClN2O2. The largest absolute Gasteiger partial charge is 0.368 e. The lowest BCUT2D eigenvalue weighted by atomic mass is 9.77. The molecule has 1 aromatic rings. The molecule has 120 valence electrons. The molecule has 1 aliphatic rings. The highest BCUT2D eigenvalue weighted by molar-refractivity contribution is 6.30. The van der Waals surface area contributed by atoms with Gasteiger partial charge >= 0.3 is 0 Å². The molecule has 0 spiro atoms. The van der Waals surface area contributed by atoms with Gasteiger partial charge in [0.25, 0.3) is 0 Å². The minimum absolute atomic E-state index is 0.00104. The average Bonchev–Trinajstić information content (AvgIpc) is 2.95. The van der Waals surface area contributed by atoms with Gasteiger partial charge in [0.1, 0.15) is 0 Å². The number of carbonyl (C=O) groups excluding carboxylic acids is 2. The standard InChI is InChI=1S/C17H23ClN2O2/c1-12(2)20(11-15(19)21)16(22)17(9-3-4-10-17)13-5-7-14(18)8-6-13/h5-8,12H,3-4,9-11H2,1-2H3,(H2,19,21). The van der Waals surface area contributed by atoms with E-state index in [2.05, 4.69) is 0 Å². The highest BCUT2D eigenvalue weighted by Gasteiger charge is 2.45. The zero-order chi connectivity index (χ0) is 16.3. The summed E-state index contributed by atoms with van der Waals surface area (Å²) in [5.41, 5.74) is 5.75. The van der Waals surface area contributed by atoms with Crippen LogP contribution in [0.15, 0.2) is 24.3 Å². The van der Waals surface area contributed by atoms with Gasteiger partial charge in [-0.25, -0.2) is 0 Å². The number of primary amides is 1. The monoisotopic (exact) mass is 322 g/mol. The van der Waals surface area contributed by atoms with Crippen molar-refractivity contribution in [2.24, 2.45) is 5.73 Å². The normalized spacial score (nSPS) is 16.7. The lowest BCUT2D eigenvalue weighted by Crippen LogP contribution is -2.51. The maximum atomic E-state index is 13.2. The Morgan fingerprint density at radius 2 is 1.77 bits per heavy atom. The Bertz CT molecular complexity index is 548. The van der Waals surface area contributed by atoms with Crippen molar-refractivity contribution in [1.29, 1.82) is 0 Å². The highest BCUT2D eigenvalue weighted by Crippen LogP contribution is 2.43. The molecule has 0 atom stereocenters. The molecule has 2 amide bonds. The van der Waals surface area contributed by atoms with Crippen LogP contribution in [0.5, 0.6) is 0 Å². The molecule has 22 heavy (non-hydrogen) atoms. The smallest absolute Gasteiger partial charge is 0.237 e. The molecule has 2 rings (SSSR count). The minimum atomic E-state index is -0.551. The molecule has 0 radical (unpaired) electrons. The molecule has 0 saturated heterocycles. The molecule has 1 fully saturated rings. The van der Waals surface area contributed by atoms with E-state index in [0.717, 1.165) is 31.2 Å². The Hall–Kier alpha value is -1.55. The second-order valence-electron chi connectivity index (χ2n) is 6.29. The molecule has 1 aromatic carbocycles. The van der Waals surface area contributed by atoms with E-state index in [0.29, 0.717) is 5.02 Å². The van der Waals surface area contributed by atoms with Gasteiger partial charge in [0.05, 0.1) is 12.0 Å². The van der Waals surface area contributed by atoms with Crippen molar-refractivity contribution in [2.75, 3.05) is 6.54 Å². The Morgan fingerprint density at radius 3 is 2.23 bits per heavy atom. The molecule has 0 bridgehead atoms. The third-order valence-corrected chi connectivity index (χ3v) is 4.73. The lowest BCUT2D eigenvalue weighted by Gasteiger charge is -2.36. The number of amides is 2. The summed E-state index contributed by atoms with van der Waals surface area (Å²) in [6.07, 6.45) is 3.62. The van der Waals surface area contributed by atoms with Crippen LogP contribution in [0, 0.1) is 0 Å². The van der Waals surface area contributed by atoms with Crippen LogP contribution in [-0.4, -0.2) is 29.3 Å². The fraction of sp³-hybridized carbons (Fsp3) is 0.529. The molecule has 4 nitrogen and oxygen atoms in total. The number of halogens is 1. The van der Waals surface area contributed by atoms with Crippen LogP contribution in [0.1, 0.15) is 45.1 Å². The van der Waals surface area contributed by atoms with Crippen molar-refractivity contribution in [1.82, 2.24) is 4.90 Å². The summed E-state index contributed by atoms with van der Waals surface area (Å²) in [6.45, 7) is 3.78. The maximum absolute atomic E-state index is 13.2. The molecule has 2 N–H and O–H groups in total. The van der Waals surface area contributed by atoms with Gasteiger partial charge < -0.3 is 10.6 Å². The maximum Gasteiger partial charge on any atom is 0.237 e. The molecule has 0 heterocycles. The van der Waals surface area contributed by atoms with Gasteiger partial charge in [-0.3, -0.25) is 9.59 Å². The van der Waals surface area contributed by atoms with Crippen LogP contribution in [0.25, 0.3) is 0 Å². The summed E-state index contributed by atoms with van der Waals surface area (Å²) >= 11 is 5.97. The zero-order valence-corrected chi connectivity index (χ0v) is 13.9. The molecule has 5 heteroatoms. The van der Waals surface area contributed by atoms with Gasteiger partial charge in [-0.05, 0) is 44.4 Å². The number of nitrogens with two attached hydrogens (primary N) is 1. The number of rotatable bonds is 5. The second-order valence-corrected chi connectivity index (χ2v) is 6.73. The van der Waals surface area contributed by atoms with E-state index in [1.807, 2.05) is 38.1 Å². The summed E-state index contributed by atoms with van der Waals surface area (Å²) in [7, 11) is 0. The molecule has 0 aromatic heterocycles. The first-order valence-electron chi connectivity index (χ1n) is 7.72. The van der Waals surface area contributed by atoms with Gasteiger partial charge in [-0.1, -0.05) is 36.6 Å². The van der Waals surface area contributed by atoms with E-state index in [9.17, 15) is 9.59 Å². The summed E-state index contributed by atoms with van der Waals surface area (Å²) in [5, 5.41) is 0.655. The van der Waals surface area contributed by atoms with Crippen LogP contribution in [0.2, 0.25) is 5.02 Å². The summed E-state index contributed by atoms with van der Waals surface area (Å²) in [6, 6.07) is 7.42. The SMILES string of the molecule is CC(C)N(CC(N)=O)C(=O)C1(c2ccc(Cl)cc2)CCCC1. The van der Waals surface area contributed by atoms with E-state index >= 15 is 0 Å². The third-order valence-electron chi connectivity index (χ3n) is 4.47. The molecule has 0 unspecified atom stereocenters. The van der Waals surface area contributed by atoms with E-state index < -0.39 is 11.3 Å². The molecule has 0 aliphatic heterocycles. The molecule has 1 aliphatic carbocycles. The van der Waals surface area contributed by atoms with Crippen LogP contribution >= 0.6 is 11.6 Å². The quantitative estimate of drug-likeness (QED) is 0.906. The topological polar surface area (TPSA) is 63.4 Å². The van der Waals surface area contributed by atoms with E-state index in [4.69, 9.17) is 17.3 Å². The Labute approximate surface area is 136 Å². The number of nitrogens with zero attached hydrogens (tertiary/aromatic N) is 1. The average molecular weight is 323 g/mol. The van der Waals surface area contributed by atoms with Crippen molar-refractivity contribution >= 4 is 23.4 Å². The first kappa shape index (κ1) is 16.8. The zero-order valence-electron chi connectivity index (χ0n) is 13.1. The first-order chi connectivity index (χ1) is 10.4. The Kier molecular flexibility index (Phi) is 5.12. The van der Waals surface area contributed by atoms with E-state index in [-0.39, 0.29) is 18.5 Å². The van der Waals surface area contributed by atoms with Crippen LogP contribution < -0.4 is 5.73 Å². The Morgan fingerprint density at radius 1 is 1.23 bits per heavy atom. The molecular weight excluding hydrogens is 300 g/mol. The van der Waals surface area contributed by atoms with Crippen molar-refractivity contribution in [3.05, 3.63) is 34.9 Å². The van der Waals surface area contributed by atoms with Crippen molar-refractivity contribution in [2.45, 2.75) is 51.0 Å². The molecule has 1 saturated carbocycles. The summed E-state index contributed by atoms with van der Waals surface area (Å²) < 4.78 is 0. The first-order valence-corrected chi connectivity index (χ1v) is 8.10. The summed E-state index contributed by atoms with van der Waals surface area (Å²) in [5.74, 6) is -0.479. The van der Waals surface area contributed by atoms with Crippen LogP contribution in [0.3, 0.4) is 0 Å². The highest BCUT2D eigenvalue weighted by atomic mass is 35.5. The number of hydrogen-bond donors (Lipinski definition) is 1. The van der Waals surface area contributed by atoms with Crippen LogP contribution in [0.4, 0.5) is 0 Å². The van der Waals surface area contributed by atoms with Crippen molar-refractivity contribution < 1.29 is 9.59 Å². The lowest BCUT2D eigenvalue weighted by molar-refractivity contribution is -0.142. The predicted molar refractivity (Wildman–Crippen MR) is 87.6 cm³/mol. The number of hydrogen-bond acceptors (Lipinski definition) is 2. The fourth-order valence-electron chi connectivity index (χ4n) is 3.31. The van der Waals surface area contributed by atoms with E-state index in [1.165, 1.54) is 0 Å². The van der Waals surface area contributed by atoms with Gasteiger partial charge in [-0.2, -0.15) is 0 Å². The number of carbonyl (C=O) groups is 2.